The molecule has 1 atom stereocenters. The highest BCUT2D eigenvalue weighted by atomic mass is 32.2. The van der Waals surface area contributed by atoms with Crippen molar-refractivity contribution in [2.24, 2.45) is 0 Å². The SMILES string of the molecule is CCN(CC)C(=O)CSc1nnc(-c2ccc(O)cc2)n1CC1CCCO1. The zero-order chi connectivity index (χ0) is 19.2. The summed E-state index contributed by atoms with van der Waals surface area (Å²) in [6, 6.07) is 6.91. The Morgan fingerprint density at radius 3 is 2.67 bits per heavy atom. The van der Waals surface area contributed by atoms with Crippen molar-refractivity contribution in [2.75, 3.05) is 25.4 Å². The predicted molar refractivity (Wildman–Crippen MR) is 105 cm³/mol. The van der Waals surface area contributed by atoms with Crippen LogP contribution in [0.25, 0.3) is 11.4 Å². The van der Waals surface area contributed by atoms with Gasteiger partial charge in [0.2, 0.25) is 5.91 Å². The highest BCUT2D eigenvalue weighted by Crippen LogP contribution is 2.27. The van der Waals surface area contributed by atoms with Gasteiger partial charge in [0.25, 0.3) is 0 Å². The fraction of sp³-hybridized carbons (Fsp3) is 0.526. The van der Waals surface area contributed by atoms with Gasteiger partial charge >= 0.3 is 0 Å². The van der Waals surface area contributed by atoms with Crippen LogP contribution < -0.4 is 0 Å². The highest BCUT2D eigenvalue weighted by molar-refractivity contribution is 7.99. The number of carbonyl (C=O) groups excluding carboxylic acids is 1. The zero-order valence-corrected chi connectivity index (χ0v) is 16.6. The molecule has 1 unspecified atom stereocenters. The lowest BCUT2D eigenvalue weighted by Crippen LogP contribution is -2.32. The molecule has 1 aromatic heterocycles. The molecule has 1 aliphatic heterocycles. The van der Waals surface area contributed by atoms with Gasteiger partial charge in [-0.25, -0.2) is 0 Å². The molecule has 27 heavy (non-hydrogen) atoms. The summed E-state index contributed by atoms with van der Waals surface area (Å²) in [6.45, 7) is 6.81. The number of rotatable bonds is 8. The highest BCUT2D eigenvalue weighted by Gasteiger charge is 2.22. The zero-order valence-electron chi connectivity index (χ0n) is 15.8. The summed E-state index contributed by atoms with van der Waals surface area (Å²) in [5.74, 6) is 1.37. The first-order valence-corrected chi connectivity index (χ1v) is 10.4. The molecule has 1 N–H and O–H groups in total. The number of phenols is 1. The number of carbonyl (C=O) groups is 1. The lowest BCUT2D eigenvalue weighted by atomic mass is 10.2. The van der Waals surface area contributed by atoms with E-state index in [-0.39, 0.29) is 17.8 Å². The van der Waals surface area contributed by atoms with Gasteiger partial charge in [0, 0.05) is 25.3 Å². The molecule has 7 nitrogen and oxygen atoms in total. The standard InChI is InChI=1S/C19H26N4O3S/c1-3-22(4-2)17(25)13-27-19-21-20-18(14-7-9-15(24)10-8-14)23(19)12-16-6-5-11-26-16/h7-10,16,24H,3-6,11-13H2,1-2H3. The topological polar surface area (TPSA) is 80.5 Å². The van der Waals surface area contributed by atoms with Crippen LogP contribution in [-0.4, -0.2) is 62.2 Å². The molecular weight excluding hydrogens is 364 g/mol. The van der Waals surface area contributed by atoms with E-state index in [0.717, 1.165) is 30.8 Å². The minimum atomic E-state index is 0.0999. The minimum absolute atomic E-state index is 0.0999. The molecule has 146 valence electrons. The maximum atomic E-state index is 12.3. The Bertz CT molecular complexity index is 753. The van der Waals surface area contributed by atoms with Gasteiger partial charge in [-0.1, -0.05) is 11.8 Å². The second-order valence-corrected chi connectivity index (χ2v) is 7.40. The Hall–Kier alpha value is -2.06. The predicted octanol–water partition coefficient (Wildman–Crippen LogP) is 2.79. The Morgan fingerprint density at radius 2 is 2.04 bits per heavy atom. The number of hydrogen-bond acceptors (Lipinski definition) is 6. The molecule has 1 fully saturated rings. The first-order valence-electron chi connectivity index (χ1n) is 9.37. The first-order chi connectivity index (χ1) is 13.1. The van der Waals surface area contributed by atoms with Gasteiger partial charge in [0.15, 0.2) is 11.0 Å². The summed E-state index contributed by atoms with van der Waals surface area (Å²) in [5, 5.41) is 18.9. The molecule has 2 aromatic rings. The summed E-state index contributed by atoms with van der Waals surface area (Å²) in [7, 11) is 0. The Balaban J connectivity index is 1.82. The number of ether oxygens (including phenoxy) is 1. The molecule has 1 saturated heterocycles. The van der Waals surface area contributed by atoms with Crippen molar-refractivity contribution >= 4 is 17.7 Å². The van der Waals surface area contributed by atoms with Crippen LogP contribution in [0.3, 0.4) is 0 Å². The summed E-state index contributed by atoms with van der Waals surface area (Å²) in [6.07, 6.45) is 2.20. The average Bonchev–Trinajstić information content (AvgIpc) is 3.32. The molecule has 8 heteroatoms. The molecule has 0 saturated carbocycles. The lowest BCUT2D eigenvalue weighted by molar-refractivity contribution is -0.127. The molecule has 1 aliphatic rings. The van der Waals surface area contributed by atoms with Gasteiger partial charge in [-0.2, -0.15) is 0 Å². The van der Waals surface area contributed by atoms with Gasteiger partial charge in [-0.3, -0.25) is 9.36 Å². The molecule has 0 bridgehead atoms. The van der Waals surface area contributed by atoms with E-state index < -0.39 is 0 Å². The molecule has 0 radical (unpaired) electrons. The van der Waals surface area contributed by atoms with E-state index in [0.29, 0.717) is 30.5 Å². The van der Waals surface area contributed by atoms with Gasteiger partial charge in [0.1, 0.15) is 5.75 Å². The van der Waals surface area contributed by atoms with Crippen LogP contribution in [0.1, 0.15) is 26.7 Å². The van der Waals surface area contributed by atoms with Crippen LogP contribution in [0, 0.1) is 0 Å². The number of benzene rings is 1. The number of nitrogens with zero attached hydrogens (tertiary/aromatic N) is 4. The van der Waals surface area contributed by atoms with Crippen molar-refractivity contribution in [3.63, 3.8) is 0 Å². The first kappa shape index (κ1) is 19.7. The Labute approximate surface area is 163 Å². The van der Waals surface area contributed by atoms with E-state index in [2.05, 4.69) is 10.2 Å². The van der Waals surface area contributed by atoms with Gasteiger partial charge in [-0.05, 0) is 51.0 Å². The maximum absolute atomic E-state index is 12.3. The minimum Gasteiger partial charge on any atom is -0.508 e. The van der Waals surface area contributed by atoms with Crippen LogP contribution in [0.5, 0.6) is 5.75 Å². The number of aromatic nitrogens is 3. The van der Waals surface area contributed by atoms with Crippen molar-refractivity contribution in [1.29, 1.82) is 0 Å². The van der Waals surface area contributed by atoms with Gasteiger partial charge in [0.05, 0.1) is 18.4 Å². The lowest BCUT2D eigenvalue weighted by Gasteiger charge is -2.18. The molecule has 0 spiro atoms. The smallest absolute Gasteiger partial charge is 0.233 e. The van der Waals surface area contributed by atoms with E-state index in [1.165, 1.54) is 11.8 Å². The third-order valence-electron chi connectivity index (χ3n) is 4.69. The number of thioether (sulfide) groups is 1. The van der Waals surface area contributed by atoms with Crippen molar-refractivity contribution in [3.05, 3.63) is 24.3 Å². The van der Waals surface area contributed by atoms with Crippen molar-refractivity contribution < 1.29 is 14.6 Å². The normalized spacial score (nSPS) is 16.6. The Kier molecular flexibility index (Phi) is 6.73. The summed E-state index contributed by atoms with van der Waals surface area (Å²) < 4.78 is 7.82. The van der Waals surface area contributed by atoms with Crippen molar-refractivity contribution in [2.45, 2.75) is 44.5 Å². The van der Waals surface area contributed by atoms with E-state index in [1.54, 1.807) is 12.1 Å². The molecule has 0 aliphatic carbocycles. The molecule has 3 rings (SSSR count). The van der Waals surface area contributed by atoms with Crippen LogP contribution >= 0.6 is 11.8 Å². The van der Waals surface area contributed by atoms with Gasteiger partial charge in [-0.15, -0.1) is 10.2 Å². The number of hydrogen-bond donors (Lipinski definition) is 1. The second-order valence-electron chi connectivity index (χ2n) is 6.45. The van der Waals surface area contributed by atoms with Gasteiger partial charge < -0.3 is 14.7 Å². The molecular formula is C19H26N4O3S. The summed E-state index contributed by atoms with van der Waals surface area (Å²) in [5.41, 5.74) is 0.875. The van der Waals surface area contributed by atoms with Crippen LogP contribution in [0.15, 0.2) is 29.4 Å². The third kappa shape index (κ3) is 4.81. The fourth-order valence-electron chi connectivity index (χ4n) is 3.17. The second kappa shape index (κ2) is 9.23. The molecule has 2 heterocycles. The fourth-order valence-corrected chi connectivity index (χ4v) is 4.02. The molecule has 1 aromatic carbocycles. The average molecular weight is 391 g/mol. The number of aromatic hydroxyl groups is 1. The van der Waals surface area contributed by atoms with Crippen LogP contribution in [0.4, 0.5) is 0 Å². The summed E-state index contributed by atoms with van der Waals surface area (Å²) >= 11 is 1.41. The van der Waals surface area contributed by atoms with Crippen LogP contribution in [-0.2, 0) is 16.1 Å². The van der Waals surface area contributed by atoms with Crippen molar-refractivity contribution in [3.8, 4) is 17.1 Å². The quantitative estimate of drug-likeness (QED) is 0.698. The monoisotopic (exact) mass is 390 g/mol. The van der Waals surface area contributed by atoms with E-state index in [9.17, 15) is 9.90 Å². The van der Waals surface area contributed by atoms with Crippen molar-refractivity contribution in [1.82, 2.24) is 19.7 Å². The van der Waals surface area contributed by atoms with E-state index in [1.807, 2.05) is 35.4 Å². The third-order valence-corrected chi connectivity index (χ3v) is 5.64. The largest absolute Gasteiger partial charge is 0.508 e. The van der Waals surface area contributed by atoms with E-state index >= 15 is 0 Å². The summed E-state index contributed by atoms with van der Waals surface area (Å²) in [4.78, 5) is 14.2. The van der Waals surface area contributed by atoms with Crippen LogP contribution in [0.2, 0.25) is 0 Å². The maximum Gasteiger partial charge on any atom is 0.233 e. The Morgan fingerprint density at radius 1 is 1.30 bits per heavy atom. The van der Waals surface area contributed by atoms with E-state index in [4.69, 9.17) is 4.74 Å². The number of amides is 1. The number of phenolic OH excluding ortho intramolecular Hbond substituents is 1. The molecule has 1 amide bonds.